The van der Waals surface area contributed by atoms with Crippen LogP contribution in [0, 0.1) is 19.8 Å². The van der Waals surface area contributed by atoms with Crippen molar-refractivity contribution in [3.8, 4) is 0 Å². The van der Waals surface area contributed by atoms with E-state index in [4.69, 9.17) is 5.11 Å². The van der Waals surface area contributed by atoms with Crippen LogP contribution >= 0.6 is 0 Å². The van der Waals surface area contributed by atoms with Crippen LogP contribution in [0.3, 0.4) is 0 Å². The molecule has 23 heavy (non-hydrogen) atoms. The first-order valence-electron chi connectivity index (χ1n) is 7.99. The van der Waals surface area contributed by atoms with E-state index in [2.05, 4.69) is 5.32 Å². The summed E-state index contributed by atoms with van der Waals surface area (Å²) in [6.45, 7) is 3.82. The molecule has 1 fully saturated rings. The fourth-order valence-electron chi connectivity index (χ4n) is 3.03. The van der Waals surface area contributed by atoms with Gasteiger partial charge in [0.25, 0.3) is 0 Å². The maximum Gasteiger partial charge on any atom is 0.306 e. The van der Waals surface area contributed by atoms with E-state index in [1.165, 1.54) is 0 Å². The third kappa shape index (κ3) is 4.65. The highest BCUT2D eigenvalue weighted by Gasteiger charge is 2.30. The molecule has 1 aliphatic rings. The Morgan fingerprint density at radius 2 is 1.91 bits per heavy atom. The third-order valence-electron chi connectivity index (χ3n) is 4.42. The number of ketones is 1. The molecule has 2 N–H and O–H groups in total. The number of aryl methyl sites for hydroxylation is 2. The Morgan fingerprint density at radius 1 is 1.17 bits per heavy atom. The van der Waals surface area contributed by atoms with Gasteiger partial charge in [0, 0.05) is 24.4 Å². The number of carbonyl (C=O) groups is 3. The van der Waals surface area contributed by atoms with E-state index in [9.17, 15) is 14.4 Å². The zero-order chi connectivity index (χ0) is 17.0. The van der Waals surface area contributed by atoms with Gasteiger partial charge in [0.05, 0.1) is 5.92 Å². The Bertz CT molecular complexity index is 623. The summed E-state index contributed by atoms with van der Waals surface area (Å²) >= 11 is 0. The van der Waals surface area contributed by atoms with Gasteiger partial charge in [-0.15, -0.1) is 0 Å². The summed E-state index contributed by atoms with van der Waals surface area (Å²) in [5, 5.41) is 11.8. The summed E-state index contributed by atoms with van der Waals surface area (Å²) in [7, 11) is 0. The number of aliphatic carboxylic acids is 1. The Morgan fingerprint density at radius 3 is 2.57 bits per heavy atom. The van der Waals surface area contributed by atoms with Crippen LogP contribution in [0.15, 0.2) is 18.2 Å². The topological polar surface area (TPSA) is 83.5 Å². The van der Waals surface area contributed by atoms with Gasteiger partial charge in [-0.25, -0.2) is 0 Å². The molecule has 2 atom stereocenters. The molecule has 0 saturated heterocycles. The minimum Gasteiger partial charge on any atom is -0.481 e. The summed E-state index contributed by atoms with van der Waals surface area (Å²) in [5.74, 6) is -1.38. The molecule has 1 saturated carbocycles. The molecular weight excluding hydrogens is 294 g/mol. The zero-order valence-corrected chi connectivity index (χ0v) is 13.6. The molecule has 1 amide bonds. The van der Waals surface area contributed by atoms with Crippen LogP contribution in [-0.2, 0) is 9.59 Å². The molecule has 1 aromatic carbocycles. The number of hydrogen-bond acceptors (Lipinski definition) is 3. The van der Waals surface area contributed by atoms with Crippen molar-refractivity contribution in [3.05, 3.63) is 34.9 Å². The molecular formula is C18H23NO4. The van der Waals surface area contributed by atoms with Gasteiger partial charge in [-0.1, -0.05) is 17.7 Å². The predicted octanol–water partition coefficient (Wildman–Crippen LogP) is 2.64. The Balaban J connectivity index is 1.81. The van der Waals surface area contributed by atoms with E-state index in [1.807, 2.05) is 32.0 Å². The lowest BCUT2D eigenvalue weighted by molar-refractivity contribution is -0.141. The van der Waals surface area contributed by atoms with Crippen molar-refractivity contribution >= 4 is 17.7 Å². The fourth-order valence-corrected chi connectivity index (χ4v) is 3.03. The minimum atomic E-state index is -0.799. The normalized spacial score (nSPS) is 20.3. The van der Waals surface area contributed by atoms with Crippen molar-refractivity contribution < 1.29 is 19.5 Å². The first-order chi connectivity index (χ1) is 10.9. The standard InChI is InChI=1S/C18H23NO4/c1-11-3-4-12(2)15(9-11)16(20)7-8-17(21)19-14-6-5-13(10-14)18(22)23/h3-4,9,13-14H,5-8,10H2,1-2H3,(H,19,21)(H,22,23)/t13-,14+/m0/s1. The van der Waals surface area contributed by atoms with Crippen LogP contribution in [0.1, 0.15) is 53.6 Å². The maximum absolute atomic E-state index is 12.2. The molecule has 1 aliphatic carbocycles. The minimum absolute atomic E-state index is 0.0313. The number of amides is 1. The van der Waals surface area contributed by atoms with E-state index < -0.39 is 5.97 Å². The van der Waals surface area contributed by atoms with Crippen LogP contribution in [0.2, 0.25) is 0 Å². The van der Waals surface area contributed by atoms with Crippen molar-refractivity contribution in [2.24, 2.45) is 5.92 Å². The van der Waals surface area contributed by atoms with Crippen molar-refractivity contribution in [1.82, 2.24) is 5.32 Å². The number of Topliss-reactive ketones (excluding diaryl/α,β-unsaturated/α-hetero) is 1. The van der Waals surface area contributed by atoms with Gasteiger partial charge >= 0.3 is 5.97 Å². The SMILES string of the molecule is Cc1ccc(C)c(C(=O)CCC(=O)N[C@@H]2CC[C@H](C(=O)O)C2)c1. The van der Waals surface area contributed by atoms with Crippen molar-refractivity contribution in [2.45, 2.75) is 52.0 Å². The van der Waals surface area contributed by atoms with Gasteiger partial charge in [0.15, 0.2) is 5.78 Å². The molecule has 0 unspecified atom stereocenters. The highest BCUT2D eigenvalue weighted by Crippen LogP contribution is 2.25. The number of benzene rings is 1. The van der Waals surface area contributed by atoms with Crippen LogP contribution in [0.5, 0.6) is 0 Å². The molecule has 1 aromatic rings. The molecule has 0 aliphatic heterocycles. The van der Waals surface area contributed by atoms with Gasteiger partial charge < -0.3 is 10.4 Å². The van der Waals surface area contributed by atoms with Gasteiger partial charge in [0.1, 0.15) is 0 Å². The summed E-state index contributed by atoms with van der Waals surface area (Å²) < 4.78 is 0. The maximum atomic E-state index is 12.2. The second-order valence-electron chi connectivity index (χ2n) is 6.35. The first kappa shape index (κ1) is 17.2. The fraction of sp³-hybridized carbons (Fsp3) is 0.500. The second kappa shape index (κ2) is 7.40. The van der Waals surface area contributed by atoms with Gasteiger partial charge in [0.2, 0.25) is 5.91 Å². The lowest BCUT2D eigenvalue weighted by Crippen LogP contribution is -2.33. The van der Waals surface area contributed by atoms with Gasteiger partial charge in [-0.05, 0) is 44.7 Å². The zero-order valence-electron chi connectivity index (χ0n) is 13.6. The van der Waals surface area contributed by atoms with Crippen LogP contribution in [-0.4, -0.2) is 28.8 Å². The van der Waals surface area contributed by atoms with E-state index >= 15 is 0 Å². The molecule has 0 bridgehead atoms. The van der Waals surface area contributed by atoms with E-state index in [0.29, 0.717) is 24.8 Å². The number of hydrogen-bond donors (Lipinski definition) is 2. The van der Waals surface area contributed by atoms with E-state index in [0.717, 1.165) is 11.1 Å². The van der Waals surface area contributed by atoms with Gasteiger partial charge in [-0.3, -0.25) is 14.4 Å². The van der Waals surface area contributed by atoms with E-state index in [1.54, 1.807) is 0 Å². The summed E-state index contributed by atoms with van der Waals surface area (Å²) in [6, 6.07) is 5.63. The third-order valence-corrected chi connectivity index (χ3v) is 4.42. The van der Waals surface area contributed by atoms with E-state index in [-0.39, 0.29) is 36.5 Å². The Labute approximate surface area is 136 Å². The number of carboxylic acid groups (broad SMARTS) is 1. The summed E-state index contributed by atoms with van der Waals surface area (Å²) in [6.07, 6.45) is 2.08. The Kier molecular flexibility index (Phi) is 5.53. The molecule has 2 rings (SSSR count). The average molecular weight is 317 g/mol. The number of rotatable bonds is 6. The van der Waals surface area contributed by atoms with Crippen LogP contribution in [0.25, 0.3) is 0 Å². The predicted molar refractivity (Wildman–Crippen MR) is 86.4 cm³/mol. The lowest BCUT2D eigenvalue weighted by Gasteiger charge is -2.12. The molecule has 5 nitrogen and oxygen atoms in total. The smallest absolute Gasteiger partial charge is 0.306 e. The number of nitrogens with one attached hydrogen (secondary N) is 1. The Hall–Kier alpha value is -2.17. The highest BCUT2D eigenvalue weighted by atomic mass is 16.4. The first-order valence-corrected chi connectivity index (χ1v) is 7.99. The molecule has 124 valence electrons. The quantitative estimate of drug-likeness (QED) is 0.790. The molecule has 5 heteroatoms. The van der Waals surface area contributed by atoms with Crippen LogP contribution < -0.4 is 5.32 Å². The van der Waals surface area contributed by atoms with Crippen molar-refractivity contribution in [1.29, 1.82) is 0 Å². The monoisotopic (exact) mass is 317 g/mol. The summed E-state index contributed by atoms with van der Waals surface area (Å²) in [5.41, 5.74) is 2.61. The molecule has 0 heterocycles. The lowest BCUT2D eigenvalue weighted by atomic mass is 9.99. The number of carboxylic acids is 1. The van der Waals surface area contributed by atoms with Crippen molar-refractivity contribution in [3.63, 3.8) is 0 Å². The average Bonchev–Trinajstić information content (AvgIpc) is 2.96. The molecule has 0 aromatic heterocycles. The van der Waals surface area contributed by atoms with Crippen LogP contribution in [0.4, 0.5) is 0 Å². The largest absolute Gasteiger partial charge is 0.481 e. The summed E-state index contributed by atoms with van der Waals surface area (Å²) in [4.78, 5) is 35.1. The second-order valence-corrected chi connectivity index (χ2v) is 6.35. The molecule has 0 spiro atoms. The van der Waals surface area contributed by atoms with Gasteiger partial charge in [-0.2, -0.15) is 0 Å². The molecule has 0 radical (unpaired) electrons. The highest BCUT2D eigenvalue weighted by molar-refractivity contribution is 5.99. The number of carbonyl (C=O) groups excluding carboxylic acids is 2. The van der Waals surface area contributed by atoms with Crippen molar-refractivity contribution in [2.75, 3.05) is 0 Å².